The highest BCUT2D eigenvalue weighted by molar-refractivity contribution is 7.59. The maximum Gasteiger partial charge on any atom is 0.391 e. The second-order valence-electron chi connectivity index (χ2n) is 6.77. The van der Waals surface area contributed by atoms with Gasteiger partial charge in [-0.15, -0.1) is 0 Å². The molecule has 4 rings (SSSR count). The Morgan fingerprint density at radius 3 is 2.52 bits per heavy atom. The topological polar surface area (TPSA) is 118 Å². The van der Waals surface area contributed by atoms with Crippen LogP contribution in [-0.4, -0.2) is 43.4 Å². The summed E-state index contributed by atoms with van der Waals surface area (Å²) in [5, 5.41) is 0. The minimum atomic E-state index is -4.50. The smallest absolute Gasteiger partial charge is 0.391 e. The third kappa shape index (κ3) is 3.80. The van der Waals surface area contributed by atoms with E-state index < -0.39 is 13.1 Å². The Morgan fingerprint density at radius 1 is 1.10 bits per heavy atom. The van der Waals surface area contributed by atoms with Gasteiger partial charge >= 0.3 is 7.60 Å². The molecule has 0 radical (unpaired) electrons. The summed E-state index contributed by atoms with van der Waals surface area (Å²) in [6.07, 6.45) is 2.21. The van der Waals surface area contributed by atoms with Crippen LogP contribution in [-0.2, 0) is 17.5 Å². The van der Waals surface area contributed by atoms with Gasteiger partial charge in [-0.2, -0.15) is 0 Å². The van der Waals surface area contributed by atoms with Gasteiger partial charge in [-0.05, 0) is 24.1 Å². The molecule has 3 aromatic heterocycles. The summed E-state index contributed by atoms with van der Waals surface area (Å²) in [5.41, 5.74) is 1.98. The Morgan fingerprint density at radius 2 is 1.86 bits per heavy atom. The van der Waals surface area contributed by atoms with Crippen LogP contribution in [0.1, 0.15) is 5.56 Å². The van der Waals surface area contributed by atoms with Crippen molar-refractivity contribution in [2.45, 2.75) is 13.0 Å². The van der Waals surface area contributed by atoms with Gasteiger partial charge in [0.25, 0.3) is 0 Å². The molecule has 2 N–H and O–H groups in total. The fourth-order valence-electron chi connectivity index (χ4n) is 3.14. The standard InChI is InChI=1S/C19H20N5O4P/c1-23(2)18-16-19(21-12-20-18)24(11-10-13-6-4-3-5-7-13)17(22-16)14-8-9-15(28-14)29(25,26)27/h3-9,12H,10-11H2,1-2H3,(H2,25,26,27). The number of aromatic nitrogens is 4. The van der Waals surface area contributed by atoms with E-state index in [1.165, 1.54) is 18.5 Å². The highest BCUT2D eigenvalue weighted by Crippen LogP contribution is 2.36. The molecule has 1 aromatic carbocycles. The highest BCUT2D eigenvalue weighted by atomic mass is 31.2. The van der Waals surface area contributed by atoms with Crippen molar-refractivity contribution in [2.75, 3.05) is 19.0 Å². The molecule has 150 valence electrons. The molecule has 0 saturated carbocycles. The molecule has 29 heavy (non-hydrogen) atoms. The van der Waals surface area contributed by atoms with Crippen molar-refractivity contribution in [3.63, 3.8) is 0 Å². The summed E-state index contributed by atoms with van der Waals surface area (Å²) in [6.45, 7) is 0.561. The molecule has 0 aliphatic heterocycles. The normalized spacial score (nSPS) is 11.9. The number of benzene rings is 1. The summed E-state index contributed by atoms with van der Waals surface area (Å²) >= 11 is 0. The summed E-state index contributed by atoms with van der Waals surface area (Å²) in [6, 6.07) is 12.8. The zero-order chi connectivity index (χ0) is 20.6. The van der Waals surface area contributed by atoms with Gasteiger partial charge < -0.3 is 23.7 Å². The van der Waals surface area contributed by atoms with Crippen LogP contribution >= 0.6 is 7.60 Å². The van der Waals surface area contributed by atoms with Gasteiger partial charge in [-0.1, -0.05) is 30.3 Å². The second-order valence-corrected chi connectivity index (χ2v) is 8.30. The largest absolute Gasteiger partial charge is 0.445 e. The first-order chi connectivity index (χ1) is 13.8. The number of furan rings is 1. The maximum absolute atomic E-state index is 11.5. The van der Waals surface area contributed by atoms with Crippen LogP contribution in [0.15, 0.2) is 53.2 Å². The summed E-state index contributed by atoms with van der Waals surface area (Å²) in [4.78, 5) is 34.0. The lowest BCUT2D eigenvalue weighted by molar-refractivity contribution is 0.377. The maximum atomic E-state index is 11.5. The Kier molecular flexibility index (Phi) is 4.96. The first-order valence-electron chi connectivity index (χ1n) is 8.93. The van der Waals surface area contributed by atoms with Gasteiger partial charge in [0.05, 0.1) is 0 Å². The quantitative estimate of drug-likeness (QED) is 0.462. The average molecular weight is 413 g/mol. The van der Waals surface area contributed by atoms with Crippen LogP contribution < -0.4 is 10.4 Å². The van der Waals surface area contributed by atoms with E-state index in [1.54, 1.807) is 0 Å². The molecule has 3 heterocycles. The molecule has 0 amide bonds. The minimum absolute atomic E-state index is 0.263. The number of hydrogen-bond donors (Lipinski definition) is 2. The SMILES string of the molecule is CN(C)c1ncnc2c1nc(-c1ccc(P(=O)(O)O)o1)n2CCc1ccccc1. The van der Waals surface area contributed by atoms with E-state index in [0.717, 1.165) is 12.0 Å². The summed E-state index contributed by atoms with van der Waals surface area (Å²) < 4.78 is 18.9. The van der Waals surface area contributed by atoms with E-state index in [4.69, 9.17) is 4.42 Å². The Balaban J connectivity index is 1.84. The predicted octanol–water partition coefficient (Wildman–Crippen LogP) is 2.20. The van der Waals surface area contributed by atoms with Crippen LogP contribution in [0.3, 0.4) is 0 Å². The van der Waals surface area contributed by atoms with Crippen molar-refractivity contribution >= 4 is 30.1 Å². The third-order valence-corrected chi connectivity index (χ3v) is 5.32. The highest BCUT2D eigenvalue weighted by Gasteiger charge is 2.25. The molecule has 0 aliphatic rings. The third-order valence-electron chi connectivity index (χ3n) is 4.50. The fourth-order valence-corrected chi connectivity index (χ4v) is 3.63. The number of imidazole rings is 1. The zero-order valence-electron chi connectivity index (χ0n) is 15.9. The van der Waals surface area contributed by atoms with Gasteiger partial charge in [0.1, 0.15) is 6.33 Å². The van der Waals surface area contributed by atoms with Crippen LogP contribution in [0, 0.1) is 0 Å². The molecule has 0 bridgehead atoms. The average Bonchev–Trinajstić information content (AvgIpc) is 3.31. The first-order valence-corrected chi connectivity index (χ1v) is 10.5. The molecule has 0 saturated heterocycles. The monoisotopic (exact) mass is 413 g/mol. The van der Waals surface area contributed by atoms with E-state index in [2.05, 4.69) is 15.0 Å². The van der Waals surface area contributed by atoms with Crippen molar-refractivity contribution in [3.8, 4) is 11.6 Å². The molecule has 0 aliphatic carbocycles. The van der Waals surface area contributed by atoms with E-state index >= 15 is 0 Å². The molecular weight excluding hydrogens is 393 g/mol. The summed E-state index contributed by atoms with van der Waals surface area (Å²) in [5.74, 6) is 1.36. The number of anilines is 1. The zero-order valence-corrected chi connectivity index (χ0v) is 16.8. The van der Waals surface area contributed by atoms with Crippen molar-refractivity contribution in [1.82, 2.24) is 19.5 Å². The molecule has 0 atom stereocenters. The van der Waals surface area contributed by atoms with Gasteiger partial charge in [0.15, 0.2) is 28.6 Å². The molecule has 0 fully saturated rings. The van der Waals surface area contributed by atoms with Crippen molar-refractivity contribution in [3.05, 3.63) is 54.4 Å². The number of rotatable bonds is 6. The van der Waals surface area contributed by atoms with E-state index in [9.17, 15) is 14.4 Å². The van der Waals surface area contributed by atoms with E-state index in [1.807, 2.05) is 53.9 Å². The van der Waals surface area contributed by atoms with E-state index in [-0.39, 0.29) is 5.76 Å². The van der Waals surface area contributed by atoms with E-state index in [0.29, 0.717) is 29.4 Å². The molecular formula is C19H20N5O4P. The minimum Gasteiger partial charge on any atom is -0.445 e. The van der Waals surface area contributed by atoms with Crippen LogP contribution in [0.4, 0.5) is 5.82 Å². The number of fused-ring (bicyclic) bond motifs is 1. The van der Waals surface area contributed by atoms with Crippen molar-refractivity contribution in [2.24, 2.45) is 0 Å². The second kappa shape index (κ2) is 7.44. The Bertz CT molecular complexity index is 1200. The summed E-state index contributed by atoms with van der Waals surface area (Å²) in [7, 11) is -0.767. The van der Waals surface area contributed by atoms with Crippen molar-refractivity contribution < 1.29 is 18.8 Å². The number of nitrogens with zero attached hydrogens (tertiary/aromatic N) is 5. The number of aryl methyl sites for hydroxylation is 2. The van der Waals surface area contributed by atoms with Gasteiger partial charge in [-0.25, -0.2) is 15.0 Å². The lowest BCUT2D eigenvalue weighted by Gasteiger charge is -2.11. The predicted molar refractivity (Wildman–Crippen MR) is 109 cm³/mol. The molecule has 9 nitrogen and oxygen atoms in total. The van der Waals surface area contributed by atoms with Gasteiger partial charge in [0, 0.05) is 20.6 Å². The Hall–Kier alpha value is -3.00. The molecule has 4 aromatic rings. The van der Waals surface area contributed by atoms with Gasteiger partial charge in [-0.3, -0.25) is 4.57 Å². The van der Waals surface area contributed by atoms with Crippen LogP contribution in [0.5, 0.6) is 0 Å². The fraction of sp³-hybridized carbons (Fsp3) is 0.211. The lowest BCUT2D eigenvalue weighted by atomic mass is 10.1. The van der Waals surface area contributed by atoms with Crippen LogP contribution in [0.2, 0.25) is 0 Å². The van der Waals surface area contributed by atoms with Gasteiger partial charge in [0.2, 0.25) is 5.50 Å². The van der Waals surface area contributed by atoms with Crippen LogP contribution in [0.25, 0.3) is 22.7 Å². The molecule has 0 unspecified atom stereocenters. The lowest BCUT2D eigenvalue weighted by Crippen LogP contribution is -2.11. The van der Waals surface area contributed by atoms with Crippen molar-refractivity contribution in [1.29, 1.82) is 0 Å². The Labute approximate surface area is 166 Å². The molecule has 10 heteroatoms. The number of hydrogen-bond acceptors (Lipinski definition) is 6. The first kappa shape index (κ1) is 19.3. The molecule has 0 spiro atoms.